The molecule has 2 aliphatic rings. The van der Waals surface area contributed by atoms with E-state index >= 15 is 0 Å². The van der Waals surface area contributed by atoms with Crippen molar-refractivity contribution >= 4 is 28.8 Å². The third-order valence-electron chi connectivity index (χ3n) is 5.49. The van der Waals surface area contributed by atoms with Crippen LogP contribution in [0.2, 0.25) is 0 Å². The van der Waals surface area contributed by atoms with Crippen molar-refractivity contribution in [3.8, 4) is 17.2 Å². The van der Waals surface area contributed by atoms with Gasteiger partial charge in [0.15, 0.2) is 11.2 Å². The Bertz CT molecular complexity index is 1110. The quantitative estimate of drug-likeness (QED) is 0.610. The Morgan fingerprint density at radius 1 is 1.10 bits per heavy atom. The van der Waals surface area contributed by atoms with Gasteiger partial charge in [0.2, 0.25) is 17.8 Å². The van der Waals surface area contributed by atoms with Gasteiger partial charge in [-0.05, 0) is 49.9 Å². The number of aromatic hydroxyl groups is 1. The number of oxazole rings is 1. The molecule has 0 atom stereocenters. The fourth-order valence-corrected chi connectivity index (χ4v) is 4.22. The number of guanidine groups is 2. The van der Waals surface area contributed by atoms with Crippen molar-refractivity contribution in [1.82, 2.24) is 9.97 Å². The van der Waals surface area contributed by atoms with Crippen LogP contribution in [0.5, 0.6) is 5.75 Å². The molecule has 1 spiro atoms. The van der Waals surface area contributed by atoms with Gasteiger partial charge in [-0.25, -0.2) is 9.98 Å². The highest BCUT2D eigenvalue weighted by molar-refractivity contribution is 6.05. The minimum Gasteiger partial charge on any atom is -0.507 e. The molecule has 1 aliphatic heterocycles. The summed E-state index contributed by atoms with van der Waals surface area (Å²) in [7, 11) is 0. The molecule has 5 rings (SSSR count). The number of phenolic OH excluding ortho intramolecular Hbond substituents is 1. The van der Waals surface area contributed by atoms with Gasteiger partial charge < -0.3 is 21.0 Å². The highest BCUT2D eigenvalue weighted by Crippen LogP contribution is 2.41. The van der Waals surface area contributed by atoms with Crippen molar-refractivity contribution in [2.24, 2.45) is 21.5 Å². The average Bonchev–Trinajstić information content (AvgIpc) is 3.12. The van der Waals surface area contributed by atoms with Gasteiger partial charge in [0.1, 0.15) is 11.4 Å². The summed E-state index contributed by atoms with van der Waals surface area (Å²) in [5.41, 5.74) is 13.8. The molecule has 9 heteroatoms. The zero-order chi connectivity index (χ0) is 20.0. The summed E-state index contributed by atoms with van der Waals surface area (Å²) in [6.07, 6.45) is 6.50. The summed E-state index contributed by atoms with van der Waals surface area (Å²) in [5.74, 6) is 0.797. The summed E-state index contributed by atoms with van der Waals surface area (Å²) in [6.45, 7) is 0. The number of aliphatic imine (C=N–C) groups is 2. The van der Waals surface area contributed by atoms with Crippen molar-refractivity contribution in [2.75, 3.05) is 4.90 Å². The number of hydrogen-bond donors (Lipinski definition) is 3. The SMILES string of the molecule is NC1=NC2(CCCCC2)N(c2ccc(-c3nc4ncccc4o3)c(O)c2)C(N)=N1. The molecule has 1 saturated carbocycles. The first kappa shape index (κ1) is 17.5. The lowest BCUT2D eigenvalue weighted by molar-refractivity contribution is 0.305. The monoisotopic (exact) mass is 391 g/mol. The molecular weight excluding hydrogens is 370 g/mol. The predicted molar refractivity (Wildman–Crippen MR) is 110 cm³/mol. The molecule has 9 nitrogen and oxygen atoms in total. The van der Waals surface area contributed by atoms with Crippen LogP contribution in [0.4, 0.5) is 5.69 Å². The summed E-state index contributed by atoms with van der Waals surface area (Å²) < 4.78 is 5.73. The van der Waals surface area contributed by atoms with E-state index in [9.17, 15) is 5.11 Å². The van der Waals surface area contributed by atoms with E-state index in [-0.39, 0.29) is 17.7 Å². The number of phenols is 1. The summed E-state index contributed by atoms with van der Waals surface area (Å²) >= 11 is 0. The minimum absolute atomic E-state index is 0.0235. The van der Waals surface area contributed by atoms with Crippen LogP contribution in [-0.4, -0.2) is 32.7 Å². The van der Waals surface area contributed by atoms with Gasteiger partial charge in [0.25, 0.3) is 0 Å². The van der Waals surface area contributed by atoms with Gasteiger partial charge in [0.05, 0.1) is 5.56 Å². The highest BCUT2D eigenvalue weighted by atomic mass is 16.4. The fourth-order valence-electron chi connectivity index (χ4n) is 4.22. The van der Waals surface area contributed by atoms with Crippen LogP contribution < -0.4 is 16.4 Å². The maximum atomic E-state index is 10.7. The van der Waals surface area contributed by atoms with Crippen LogP contribution in [0.3, 0.4) is 0 Å². The number of rotatable bonds is 2. The standard InChI is InChI=1S/C20H21N7O2/c21-18-25-19(22)27(20(26-18)8-2-1-3-9-20)12-6-7-13(14(28)11-12)17-24-16-15(29-17)5-4-10-23-16/h4-7,10-11,28H,1-3,8-9H2,(H4,21,22,25,26). The lowest BCUT2D eigenvalue weighted by Gasteiger charge is -2.45. The van der Waals surface area contributed by atoms with Gasteiger partial charge >= 0.3 is 0 Å². The summed E-state index contributed by atoms with van der Waals surface area (Å²) in [4.78, 5) is 19.2. The number of nitrogens with two attached hydrogens (primary N) is 2. The molecule has 0 bridgehead atoms. The van der Waals surface area contributed by atoms with Gasteiger partial charge in [-0.2, -0.15) is 9.98 Å². The summed E-state index contributed by atoms with van der Waals surface area (Å²) in [5, 5.41) is 10.7. The molecule has 0 radical (unpaired) electrons. The van der Waals surface area contributed by atoms with E-state index in [1.807, 2.05) is 11.0 Å². The molecule has 1 aromatic carbocycles. The van der Waals surface area contributed by atoms with Crippen molar-refractivity contribution in [3.05, 3.63) is 36.5 Å². The van der Waals surface area contributed by atoms with Gasteiger partial charge in [-0.15, -0.1) is 0 Å². The van der Waals surface area contributed by atoms with Crippen LogP contribution in [0, 0.1) is 0 Å². The van der Waals surface area contributed by atoms with E-state index in [0.717, 1.165) is 32.1 Å². The first-order valence-electron chi connectivity index (χ1n) is 9.60. The molecule has 2 aromatic heterocycles. The Balaban J connectivity index is 1.56. The number of aromatic nitrogens is 2. The van der Waals surface area contributed by atoms with Crippen molar-refractivity contribution in [1.29, 1.82) is 0 Å². The molecule has 29 heavy (non-hydrogen) atoms. The number of fused-ring (bicyclic) bond motifs is 1. The Kier molecular flexibility index (Phi) is 3.90. The molecule has 148 valence electrons. The average molecular weight is 391 g/mol. The largest absolute Gasteiger partial charge is 0.507 e. The molecule has 0 unspecified atom stereocenters. The zero-order valence-electron chi connectivity index (χ0n) is 15.7. The molecule has 1 aliphatic carbocycles. The van der Waals surface area contributed by atoms with Crippen LogP contribution in [-0.2, 0) is 0 Å². The van der Waals surface area contributed by atoms with Gasteiger partial charge in [-0.3, -0.25) is 4.90 Å². The molecule has 3 heterocycles. The van der Waals surface area contributed by atoms with Crippen molar-refractivity contribution in [3.63, 3.8) is 0 Å². The predicted octanol–water partition coefficient (Wildman–Crippen LogP) is 2.71. The second-order valence-electron chi connectivity index (χ2n) is 7.36. The lowest BCUT2D eigenvalue weighted by Crippen LogP contribution is -2.58. The van der Waals surface area contributed by atoms with Crippen molar-refractivity contribution in [2.45, 2.75) is 37.8 Å². The van der Waals surface area contributed by atoms with E-state index in [0.29, 0.717) is 28.4 Å². The second kappa shape index (κ2) is 6.47. The lowest BCUT2D eigenvalue weighted by atomic mass is 9.87. The topological polar surface area (TPSA) is 139 Å². The number of pyridine rings is 1. The van der Waals surface area contributed by atoms with Crippen LogP contribution in [0.15, 0.2) is 50.9 Å². The third kappa shape index (κ3) is 2.86. The molecule has 3 aromatic rings. The number of hydrogen-bond acceptors (Lipinski definition) is 9. The van der Waals surface area contributed by atoms with E-state index in [4.69, 9.17) is 15.9 Å². The molecule has 1 fully saturated rings. The van der Waals surface area contributed by atoms with E-state index in [1.54, 1.807) is 30.5 Å². The van der Waals surface area contributed by atoms with Gasteiger partial charge in [0, 0.05) is 18.0 Å². The first-order chi connectivity index (χ1) is 14.1. The Labute approximate surface area is 166 Å². The van der Waals surface area contributed by atoms with Crippen LogP contribution in [0.1, 0.15) is 32.1 Å². The minimum atomic E-state index is -0.566. The third-order valence-corrected chi connectivity index (χ3v) is 5.49. The number of nitrogens with zero attached hydrogens (tertiary/aromatic N) is 5. The van der Waals surface area contributed by atoms with Crippen LogP contribution in [0.25, 0.3) is 22.7 Å². The summed E-state index contributed by atoms with van der Waals surface area (Å²) in [6, 6.07) is 8.79. The highest BCUT2D eigenvalue weighted by Gasteiger charge is 2.42. The van der Waals surface area contributed by atoms with Gasteiger partial charge in [-0.1, -0.05) is 6.42 Å². The molecular formula is C20H21N7O2. The Morgan fingerprint density at radius 3 is 2.69 bits per heavy atom. The van der Waals surface area contributed by atoms with E-state index < -0.39 is 5.66 Å². The smallest absolute Gasteiger partial charge is 0.232 e. The van der Waals surface area contributed by atoms with Crippen LogP contribution >= 0.6 is 0 Å². The zero-order valence-corrected chi connectivity index (χ0v) is 15.7. The van der Waals surface area contributed by atoms with E-state index in [1.165, 1.54) is 0 Å². The second-order valence-corrected chi connectivity index (χ2v) is 7.36. The molecule has 0 amide bonds. The van der Waals surface area contributed by atoms with Crippen molar-refractivity contribution < 1.29 is 9.52 Å². The number of anilines is 1. The normalized spacial score (nSPS) is 18.7. The Morgan fingerprint density at radius 2 is 1.93 bits per heavy atom. The Hall–Kier alpha value is -3.62. The first-order valence-corrected chi connectivity index (χ1v) is 9.60. The number of benzene rings is 1. The maximum absolute atomic E-state index is 10.7. The maximum Gasteiger partial charge on any atom is 0.232 e. The molecule has 5 N–H and O–H groups in total. The fraction of sp³-hybridized carbons (Fsp3) is 0.300. The molecule has 0 saturated heterocycles. The van der Waals surface area contributed by atoms with E-state index in [2.05, 4.69) is 20.0 Å².